The zero-order chi connectivity index (χ0) is 16.7. The van der Waals surface area contributed by atoms with Gasteiger partial charge in [-0.25, -0.2) is 0 Å². The second-order valence-electron chi connectivity index (χ2n) is 5.94. The van der Waals surface area contributed by atoms with Crippen LogP contribution < -0.4 is 4.90 Å². The standard InChI is InChI=1S/C20H26N2O/c1-4-20(23)22(19-13-9-6-10-14-19)15-17(2)21(3)16-18-11-7-5-8-12-18/h5-14,17H,4,15-16H2,1-3H3/t17-/m1/s1. The van der Waals surface area contributed by atoms with Crippen molar-refractivity contribution in [2.75, 3.05) is 18.5 Å². The van der Waals surface area contributed by atoms with Crippen molar-refractivity contribution in [3.8, 4) is 0 Å². The molecule has 0 aliphatic carbocycles. The molecule has 3 nitrogen and oxygen atoms in total. The fourth-order valence-corrected chi connectivity index (χ4v) is 2.58. The van der Waals surface area contributed by atoms with Gasteiger partial charge in [-0.3, -0.25) is 9.69 Å². The molecule has 0 aliphatic heterocycles. The molecule has 0 saturated heterocycles. The number of para-hydroxylation sites is 1. The van der Waals surface area contributed by atoms with Crippen LogP contribution in [0.3, 0.4) is 0 Å². The summed E-state index contributed by atoms with van der Waals surface area (Å²) in [6.07, 6.45) is 0.518. The molecule has 23 heavy (non-hydrogen) atoms. The van der Waals surface area contributed by atoms with E-state index in [2.05, 4.69) is 43.1 Å². The van der Waals surface area contributed by atoms with E-state index in [1.807, 2.05) is 48.2 Å². The van der Waals surface area contributed by atoms with E-state index < -0.39 is 0 Å². The lowest BCUT2D eigenvalue weighted by Gasteiger charge is -2.31. The Morgan fingerprint density at radius 1 is 1.00 bits per heavy atom. The van der Waals surface area contributed by atoms with Crippen LogP contribution in [0.5, 0.6) is 0 Å². The van der Waals surface area contributed by atoms with Gasteiger partial charge in [0.25, 0.3) is 0 Å². The third-order valence-corrected chi connectivity index (χ3v) is 4.15. The van der Waals surface area contributed by atoms with Crippen molar-refractivity contribution in [3.63, 3.8) is 0 Å². The highest BCUT2D eigenvalue weighted by molar-refractivity contribution is 5.93. The van der Waals surface area contributed by atoms with Crippen LogP contribution in [-0.2, 0) is 11.3 Å². The van der Waals surface area contributed by atoms with Crippen LogP contribution in [-0.4, -0.2) is 30.4 Å². The van der Waals surface area contributed by atoms with Gasteiger partial charge in [-0.15, -0.1) is 0 Å². The SMILES string of the molecule is CCC(=O)N(C[C@@H](C)N(C)Cc1ccccc1)c1ccccc1. The first-order valence-electron chi connectivity index (χ1n) is 8.21. The van der Waals surface area contributed by atoms with E-state index in [9.17, 15) is 4.79 Å². The lowest BCUT2D eigenvalue weighted by Crippen LogP contribution is -2.42. The topological polar surface area (TPSA) is 23.6 Å². The highest BCUT2D eigenvalue weighted by atomic mass is 16.2. The molecule has 0 unspecified atom stereocenters. The Labute approximate surface area is 139 Å². The fraction of sp³-hybridized carbons (Fsp3) is 0.350. The molecule has 0 bridgehead atoms. The Bertz CT molecular complexity index is 598. The molecular weight excluding hydrogens is 284 g/mol. The molecule has 1 amide bonds. The van der Waals surface area contributed by atoms with Crippen molar-refractivity contribution in [1.29, 1.82) is 0 Å². The molecule has 0 heterocycles. The van der Waals surface area contributed by atoms with E-state index in [-0.39, 0.29) is 11.9 Å². The number of amides is 1. The van der Waals surface area contributed by atoms with Crippen molar-refractivity contribution in [2.24, 2.45) is 0 Å². The van der Waals surface area contributed by atoms with E-state index in [1.165, 1.54) is 5.56 Å². The maximum atomic E-state index is 12.3. The predicted octanol–water partition coefficient (Wildman–Crippen LogP) is 3.95. The number of carbonyl (C=O) groups excluding carboxylic acids is 1. The zero-order valence-corrected chi connectivity index (χ0v) is 14.3. The summed E-state index contributed by atoms with van der Waals surface area (Å²) >= 11 is 0. The Hall–Kier alpha value is -2.13. The minimum absolute atomic E-state index is 0.163. The van der Waals surface area contributed by atoms with Gasteiger partial charge in [0.1, 0.15) is 0 Å². The molecule has 0 N–H and O–H groups in total. The zero-order valence-electron chi connectivity index (χ0n) is 14.3. The van der Waals surface area contributed by atoms with Crippen molar-refractivity contribution in [3.05, 3.63) is 66.2 Å². The summed E-state index contributed by atoms with van der Waals surface area (Å²) in [5.41, 5.74) is 2.26. The maximum absolute atomic E-state index is 12.3. The second kappa shape index (κ2) is 8.49. The van der Waals surface area contributed by atoms with Crippen LogP contribution in [0.25, 0.3) is 0 Å². The quantitative estimate of drug-likeness (QED) is 0.773. The summed E-state index contributed by atoms with van der Waals surface area (Å²) < 4.78 is 0. The lowest BCUT2D eigenvalue weighted by molar-refractivity contribution is -0.118. The minimum Gasteiger partial charge on any atom is -0.311 e. The highest BCUT2D eigenvalue weighted by Crippen LogP contribution is 2.17. The van der Waals surface area contributed by atoms with Crippen molar-refractivity contribution >= 4 is 11.6 Å². The predicted molar refractivity (Wildman–Crippen MR) is 96.5 cm³/mol. The summed E-state index contributed by atoms with van der Waals surface area (Å²) in [6.45, 7) is 5.66. The summed E-state index contributed by atoms with van der Waals surface area (Å²) in [7, 11) is 2.11. The number of hydrogen-bond acceptors (Lipinski definition) is 2. The molecule has 0 aliphatic rings. The van der Waals surface area contributed by atoms with E-state index in [0.29, 0.717) is 13.0 Å². The van der Waals surface area contributed by atoms with Gasteiger partial charge in [0.15, 0.2) is 0 Å². The third kappa shape index (κ3) is 4.93. The van der Waals surface area contributed by atoms with E-state index in [0.717, 1.165) is 12.2 Å². The van der Waals surface area contributed by atoms with Crippen LogP contribution in [0.1, 0.15) is 25.8 Å². The number of nitrogens with zero attached hydrogens (tertiary/aromatic N) is 2. The molecule has 122 valence electrons. The van der Waals surface area contributed by atoms with Gasteiger partial charge in [0, 0.05) is 31.2 Å². The van der Waals surface area contributed by atoms with Crippen molar-refractivity contribution in [1.82, 2.24) is 4.90 Å². The largest absolute Gasteiger partial charge is 0.311 e. The summed E-state index contributed by atoms with van der Waals surface area (Å²) in [5, 5.41) is 0. The molecule has 0 aromatic heterocycles. The number of anilines is 1. The number of hydrogen-bond donors (Lipinski definition) is 0. The van der Waals surface area contributed by atoms with Crippen LogP contribution in [0.2, 0.25) is 0 Å². The van der Waals surface area contributed by atoms with Gasteiger partial charge in [-0.2, -0.15) is 0 Å². The van der Waals surface area contributed by atoms with Gasteiger partial charge in [-0.1, -0.05) is 55.5 Å². The van der Waals surface area contributed by atoms with E-state index in [4.69, 9.17) is 0 Å². The lowest BCUT2D eigenvalue weighted by atomic mass is 10.1. The smallest absolute Gasteiger partial charge is 0.226 e. The first-order chi connectivity index (χ1) is 11.1. The first-order valence-corrected chi connectivity index (χ1v) is 8.21. The molecule has 2 aromatic carbocycles. The third-order valence-electron chi connectivity index (χ3n) is 4.15. The van der Waals surface area contributed by atoms with Gasteiger partial charge >= 0.3 is 0 Å². The van der Waals surface area contributed by atoms with Gasteiger partial charge in [-0.05, 0) is 31.7 Å². The number of rotatable bonds is 7. The molecule has 0 radical (unpaired) electrons. The molecule has 2 rings (SSSR count). The average molecular weight is 310 g/mol. The van der Waals surface area contributed by atoms with Gasteiger partial charge in [0.05, 0.1) is 0 Å². The number of benzene rings is 2. The Morgan fingerprint density at radius 3 is 2.13 bits per heavy atom. The molecule has 2 aromatic rings. The Morgan fingerprint density at radius 2 is 1.57 bits per heavy atom. The molecule has 0 spiro atoms. The maximum Gasteiger partial charge on any atom is 0.226 e. The van der Waals surface area contributed by atoms with Crippen LogP contribution in [0.15, 0.2) is 60.7 Å². The Balaban J connectivity index is 2.05. The number of carbonyl (C=O) groups is 1. The second-order valence-corrected chi connectivity index (χ2v) is 5.94. The normalized spacial score (nSPS) is 12.2. The molecular formula is C20H26N2O. The van der Waals surface area contributed by atoms with Gasteiger partial charge in [0.2, 0.25) is 5.91 Å². The van der Waals surface area contributed by atoms with Crippen molar-refractivity contribution < 1.29 is 4.79 Å². The van der Waals surface area contributed by atoms with Crippen LogP contribution in [0, 0.1) is 0 Å². The monoisotopic (exact) mass is 310 g/mol. The van der Waals surface area contributed by atoms with Crippen molar-refractivity contribution in [2.45, 2.75) is 32.9 Å². The summed E-state index contributed by atoms with van der Waals surface area (Å²) in [6, 6.07) is 20.6. The summed E-state index contributed by atoms with van der Waals surface area (Å²) in [5.74, 6) is 0.163. The highest BCUT2D eigenvalue weighted by Gasteiger charge is 2.19. The fourth-order valence-electron chi connectivity index (χ4n) is 2.58. The number of likely N-dealkylation sites (N-methyl/N-ethyl adjacent to an activating group) is 1. The Kier molecular flexibility index (Phi) is 6.36. The van der Waals surface area contributed by atoms with E-state index in [1.54, 1.807) is 0 Å². The van der Waals surface area contributed by atoms with Gasteiger partial charge < -0.3 is 4.90 Å². The molecule has 0 saturated carbocycles. The van der Waals surface area contributed by atoms with E-state index >= 15 is 0 Å². The minimum atomic E-state index is 0.163. The molecule has 1 atom stereocenters. The molecule has 3 heteroatoms. The van der Waals surface area contributed by atoms with Crippen LogP contribution in [0.4, 0.5) is 5.69 Å². The first kappa shape index (κ1) is 17.2. The molecule has 0 fully saturated rings. The summed E-state index contributed by atoms with van der Waals surface area (Å²) in [4.78, 5) is 16.5. The van der Waals surface area contributed by atoms with Crippen LogP contribution >= 0.6 is 0 Å². The average Bonchev–Trinajstić information content (AvgIpc) is 2.60.